The molecule has 0 amide bonds. The number of carboxylic acids is 1. The molecule has 0 saturated carbocycles. The molecule has 1 aliphatic rings. The van der Waals surface area contributed by atoms with Crippen LogP contribution in [0.3, 0.4) is 0 Å². The Hall–Kier alpha value is -3.94. The smallest absolute Gasteiger partial charge is 0.476 e. The summed E-state index contributed by atoms with van der Waals surface area (Å²) in [5.41, 5.74) is 5.20. The minimum Gasteiger partial charge on any atom is -0.476 e. The molecule has 19 heteroatoms. The number of hydrogen-bond donors (Lipinski definition) is 3. The van der Waals surface area contributed by atoms with Crippen LogP contribution < -0.4 is 15.8 Å². The lowest BCUT2D eigenvalue weighted by Gasteiger charge is -2.31. The number of aromatic nitrogens is 2. The number of nitrogen functional groups attached to an aromatic ring is 1. The number of thiazole rings is 1. The number of benzene rings is 1. The number of ether oxygens (including phenoxy) is 1. The van der Waals surface area contributed by atoms with Gasteiger partial charge in [0, 0.05) is 31.7 Å². The predicted molar refractivity (Wildman–Crippen MR) is 163 cm³/mol. The highest BCUT2D eigenvalue weighted by Gasteiger charge is 2.38. The van der Waals surface area contributed by atoms with Gasteiger partial charge in [-0.1, -0.05) is 31.3 Å². The van der Waals surface area contributed by atoms with Crippen molar-refractivity contribution in [3.05, 3.63) is 58.6 Å². The molecular weight excluding hydrogens is 675 g/mol. The number of nitrogens with zero attached hydrogens (tertiary/aromatic N) is 4. The molecule has 1 aliphatic heterocycles. The summed E-state index contributed by atoms with van der Waals surface area (Å²) in [5, 5.41) is 10.6. The van der Waals surface area contributed by atoms with Crippen molar-refractivity contribution in [3.63, 3.8) is 0 Å². The van der Waals surface area contributed by atoms with Gasteiger partial charge >= 0.3 is 12.1 Å². The van der Waals surface area contributed by atoms with Crippen LogP contribution in [-0.4, -0.2) is 96.0 Å². The van der Waals surface area contributed by atoms with Crippen LogP contribution >= 0.6 is 11.3 Å². The Bertz CT molecular complexity index is 1610. The van der Waals surface area contributed by atoms with Gasteiger partial charge in [0.2, 0.25) is 21.7 Å². The summed E-state index contributed by atoms with van der Waals surface area (Å²) >= 11 is 0.903. The molecule has 0 radical (unpaired) electrons. The number of halogens is 5. The number of nitrogens with one attached hydrogen (secondary N) is 1. The third-order valence-electron chi connectivity index (χ3n) is 6.97. The summed E-state index contributed by atoms with van der Waals surface area (Å²) in [6, 6.07) is 6.09. The fraction of sp³-hybridized carbons (Fsp3) is 0.429. The first kappa shape index (κ1) is 37.5. The van der Waals surface area contributed by atoms with Gasteiger partial charge in [-0.25, -0.2) is 32.0 Å². The molecule has 0 unspecified atom stereocenters. The average molecular weight is 709 g/mol. The number of pyridine rings is 1. The lowest BCUT2D eigenvalue weighted by Crippen LogP contribution is -2.42. The Morgan fingerprint density at radius 3 is 2.23 bits per heavy atom. The number of rotatable bonds is 12. The van der Waals surface area contributed by atoms with E-state index in [9.17, 15) is 35.2 Å². The molecule has 2 aromatic heterocycles. The molecule has 4 rings (SSSR count). The third kappa shape index (κ3) is 10.0. The topological polar surface area (TPSA) is 168 Å². The van der Waals surface area contributed by atoms with E-state index in [-0.39, 0.29) is 34.7 Å². The molecule has 47 heavy (non-hydrogen) atoms. The van der Waals surface area contributed by atoms with E-state index in [1.807, 2.05) is 0 Å². The molecule has 0 atom stereocenters. The highest BCUT2D eigenvalue weighted by molar-refractivity contribution is 7.89. The number of alkyl halides is 3. The monoisotopic (exact) mass is 708 g/mol. The number of anilines is 2. The van der Waals surface area contributed by atoms with Crippen LogP contribution in [0.15, 0.2) is 41.4 Å². The Balaban J connectivity index is 0.000000771. The zero-order valence-corrected chi connectivity index (χ0v) is 26.9. The van der Waals surface area contributed by atoms with Crippen LogP contribution in [0.25, 0.3) is 0 Å². The molecule has 3 aromatic rings. The lowest BCUT2D eigenvalue weighted by atomic mass is 10.1. The number of ketones is 1. The number of aliphatic carboxylic acids is 1. The Labute approximate surface area is 271 Å². The summed E-state index contributed by atoms with van der Waals surface area (Å²) in [7, 11) is -3.74. The Kier molecular flexibility index (Phi) is 13.0. The minimum atomic E-state index is -5.08. The van der Waals surface area contributed by atoms with Crippen LogP contribution in [0.2, 0.25) is 0 Å². The van der Waals surface area contributed by atoms with Crippen LogP contribution in [0, 0.1) is 11.6 Å². The molecule has 1 saturated heterocycles. The number of piperidine rings is 1. The maximum Gasteiger partial charge on any atom is 0.490 e. The summed E-state index contributed by atoms with van der Waals surface area (Å²) in [5.74, 6) is -5.36. The van der Waals surface area contributed by atoms with Gasteiger partial charge in [0.25, 0.3) is 0 Å². The van der Waals surface area contributed by atoms with Crippen molar-refractivity contribution < 1.29 is 49.8 Å². The van der Waals surface area contributed by atoms with Crippen molar-refractivity contribution in [3.8, 4) is 5.88 Å². The number of carbonyl (C=O) groups is 2. The second kappa shape index (κ2) is 16.2. The first-order chi connectivity index (χ1) is 22.1. The second-order valence-electron chi connectivity index (χ2n) is 9.99. The van der Waals surface area contributed by atoms with Crippen molar-refractivity contribution >= 4 is 44.1 Å². The lowest BCUT2D eigenvalue weighted by molar-refractivity contribution is -0.192. The van der Waals surface area contributed by atoms with Crippen LogP contribution in [0.5, 0.6) is 5.88 Å². The van der Waals surface area contributed by atoms with Gasteiger partial charge in [0.15, 0.2) is 5.13 Å². The summed E-state index contributed by atoms with van der Waals surface area (Å²) in [6.07, 6.45) is -2.82. The van der Waals surface area contributed by atoms with Crippen molar-refractivity contribution in [2.45, 2.75) is 43.8 Å². The zero-order valence-electron chi connectivity index (χ0n) is 25.3. The van der Waals surface area contributed by atoms with Crippen LogP contribution in [0.1, 0.15) is 41.9 Å². The summed E-state index contributed by atoms with van der Waals surface area (Å²) in [6.45, 7) is 7.73. The van der Waals surface area contributed by atoms with Gasteiger partial charge < -0.3 is 25.8 Å². The highest BCUT2D eigenvalue weighted by atomic mass is 32.2. The quantitative estimate of drug-likeness (QED) is 0.182. The molecule has 0 spiro atoms. The van der Waals surface area contributed by atoms with Gasteiger partial charge in [-0.15, -0.1) is 0 Å². The molecule has 0 aliphatic carbocycles. The van der Waals surface area contributed by atoms with E-state index in [0.717, 1.165) is 43.1 Å². The highest BCUT2D eigenvalue weighted by Crippen LogP contribution is 2.31. The Morgan fingerprint density at radius 2 is 1.72 bits per heavy atom. The number of sulfonamides is 1. The van der Waals surface area contributed by atoms with Gasteiger partial charge in [0.1, 0.15) is 33.8 Å². The second-order valence-corrected chi connectivity index (χ2v) is 12.9. The van der Waals surface area contributed by atoms with Gasteiger partial charge in [0.05, 0.1) is 11.8 Å². The first-order valence-corrected chi connectivity index (χ1v) is 16.5. The van der Waals surface area contributed by atoms with Crippen LogP contribution in [0.4, 0.5) is 32.9 Å². The molecule has 1 aromatic carbocycles. The zero-order chi connectivity index (χ0) is 34.9. The SMILES string of the molecule is CCN(CC)CCOc1ccc(S(=O)(=O)N2CCC(Nc3nc(N)c(C(=O)c4c(F)cccc4F)s3)CC2)cn1.O=C(O)C(F)(F)F. The molecule has 4 N–H and O–H groups in total. The molecular formula is C28H33F5N6O6S2. The predicted octanol–water partition coefficient (Wildman–Crippen LogP) is 4.25. The average Bonchev–Trinajstić information content (AvgIpc) is 3.39. The largest absolute Gasteiger partial charge is 0.490 e. The number of carbonyl (C=O) groups excluding carboxylic acids is 1. The van der Waals surface area contributed by atoms with E-state index in [2.05, 4.69) is 34.0 Å². The van der Waals surface area contributed by atoms with E-state index in [1.165, 1.54) is 22.6 Å². The van der Waals surface area contributed by atoms with Crippen molar-refractivity contribution in [1.29, 1.82) is 0 Å². The van der Waals surface area contributed by atoms with Crippen molar-refractivity contribution in [2.24, 2.45) is 0 Å². The van der Waals surface area contributed by atoms with E-state index in [1.54, 1.807) is 6.07 Å². The Morgan fingerprint density at radius 1 is 1.13 bits per heavy atom. The van der Waals surface area contributed by atoms with Gasteiger partial charge in [-0.3, -0.25) is 4.79 Å². The third-order valence-corrected chi connectivity index (χ3v) is 9.86. The van der Waals surface area contributed by atoms with E-state index in [0.29, 0.717) is 30.5 Å². The van der Waals surface area contributed by atoms with Crippen molar-refractivity contribution in [2.75, 3.05) is 50.4 Å². The minimum absolute atomic E-state index is 0.0699. The number of carboxylic acid groups (broad SMARTS) is 1. The molecule has 1 fully saturated rings. The molecule has 0 bridgehead atoms. The fourth-order valence-electron chi connectivity index (χ4n) is 4.37. The van der Waals surface area contributed by atoms with E-state index < -0.39 is 45.2 Å². The standard InChI is InChI=1S/C26H32F2N6O4S2.C2HF3O2/c1-3-33(4-2)14-15-38-21-9-8-18(16-30-21)40(36,37)34-12-10-17(11-13-34)31-26-32-25(29)24(39-26)23(35)22-19(27)6-5-7-20(22)28;3-2(4,5)1(6)7/h5-9,16-17H,3-4,10-15,29H2,1-2H3,(H,31,32);(H,6,7). The first-order valence-electron chi connectivity index (χ1n) is 14.2. The van der Waals surface area contributed by atoms with E-state index >= 15 is 0 Å². The molecule has 12 nitrogen and oxygen atoms in total. The maximum absolute atomic E-state index is 14.1. The van der Waals surface area contributed by atoms with E-state index in [4.69, 9.17) is 20.4 Å². The van der Waals surface area contributed by atoms with Crippen LogP contribution in [-0.2, 0) is 14.8 Å². The summed E-state index contributed by atoms with van der Waals surface area (Å²) in [4.78, 5) is 32.2. The molecule has 258 valence electrons. The fourth-order valence-corrected chi connectivity index (χ4v) is 6.70. The number of likely N-dealkylation sites (N-methyl/N-ethyl adjacent to an activating group) is 1. The van der Waals surface area contributed by atoms with Gasteiger partial charge in [-0.2, -0.15) is 17.5 Å². The normalized spacial score (nSPS) is 14.4. The van der Waals surface area contributed by atoms with Crippen molar-refractivity contribution in [1.82, 2.24) is 19.2 Å². The molecule has 3 heterocycles. The summed E-state index contributed by atoms with van der Waals surface area (Å²) < 4.78 is 93.2. The number of nitrogens with two attached hydrogens (primary N) is 1. The van der Waals surface area contributed by atoms with Gasteiger partial charge in [-0.05, 0) is 44.1 Å². The maximum atomic E-state index is 14.1. The number of hydrogen-bond acceptors (Lipinski definition) is 11.